The first-order valence-electron chi connectivity index (χ1n) is 8.29. The van der Waals surface area contributed by atoms with Crippen molar-refractivity contribution in [2.45, 2.75) is 31.8 Å². The lowest BCUT2D eigenvalue weighted by atomic mass is 10.2. The average molecular weight is 344 g/mol. The van der Waals surface area contributed by atoms with E-state index in [-0.39, 0.29) is 30.1 Å². The van der Waals surface area contributed by atoms with Crippen molar-refractivity contribution in [3.05, 3.63) is 53.6 Å². The Kier molecular flexibility index (Phi) is 5.11. The average Bonchev–Trinajstić information content (AvgIpc) is 3.11. The Hall–Kier alpha value is -2.70. The molecule has 0 bridgehead atoms. The van der Waals surface area contributed by atoms with Crippen LogP contribution in [0.5, 0.6) is 0 Å². The summed E-state index contributed by atoms with van der Waals surface area (Å²) in [4.78, 5) is 25.8. The number of aryl methyl sites for hydroxylation is 2. The molecule has 1 aliphatic rings. The van der Waals surface area contributed by atoms with Crippen molar-refractivity contribution in [3.8, 4) is 0 Å². The van der Waals surface area contributed by atoms with Crippen molar-refractivity contribution in [1.29, 1.82) is 0 Å². The summed E-state index contributed by atoms with van der Waals surface area (Å²) in [6, 6.07) is 6.02. The van der Waals surface area contributed by atoms with Gasteiger partial charge in [0.1, 0.15) is 5.82 Å². The number of halogens is 1. The molecule has 2 amide bonds. The van der Waals surface area contributed by atoms with Crippen LogP contribution in [0.2, 0.25) is 0 Å². The first kappa shape index (κ1) is 17.1. The van der Waals surface area contributed by atoms with Gasteiger partial charge in [0.2, 0.25) is 11.8 Å². The van der Waals surface area contributed by atoms with Crippen LogP contribution in [-0.2, 0) is 29.6 Å². The molecule has 1 fully saturated rings. The van der Waals surface area contributed by atoms with Crippen molar-refractivity contribution in [2.24, 2.45) is 7.05 Å². The van der Waals surface area contributed by atoms with Crippen molar-refractivity contribution < 1.29 is 14.0 Å². The van der Waals surface area contributed by atoms with Crippen molar-refractivity contribution in [1.82, 2.24) is 20.0 Å². The van der Waals surface area contributed by atoms with E-state index in [0.29, 0.717) is 25.9 Å². The van der Waals surface area contributed by atoms with Gasteiger partial charge in [-0.25, -0.2) is 4.39 Å². The molecule has 0 saturated carbocycles. The fraction of sp³-hybridized carbons (Fsp3) is 0.389. The highest BCUT2D eigenvalue weighted by Crippen LogP contribution is 2.16. The minimum atomic E-state index is -0.315. The van der Waals surface area contributed by atoms with Gasteiger partial charge in [0.15, 0.2) is 0 Å². The van der Waals surface area contributed by atoms with E-state index in [9.17, 15) is 14.0 Å². The number of nitrogens with one attached hydrogen (secondary N) is 1. The number of hydrogen-bond donors (Lipinski definition) is 1. The minimum absolute atomic E-state index is 0.0261. The van der Waals surface area contributed by atoms with Crippen LogP contribution in [0.1, 0.15) is 24.0 Å². The summed E-state index contributed by atoms with van der Waals surface area (Å²) < 4.78 is 14.9. The zero-order valence-electron chi connectivity index (χ0n) is 14.1. The summed E-state index contributed by atoms with van der Waals surface area (Å²) in [7, 11) is 1.83. The van der Waals surface area contributed by atoms with Crippen LogP contribution >= 0.6 is 0 Å². The summed E-state index contributed by atoms with van der Waals surface area (Å²) >= 11 is 0. The van der Waals surface area contributed by atoms with Crippen LogP contribution in [0.15, 0.2) is 36.7 Å². The predicted octanol–water partition coefficient (Wildman–Crippen LogP) is 1.41. The Labute approximate surface area is 145 Å². The first-order chi connectivity index (χ1) is 12.0. The van der Waals surface area contributed by atoms with E-state index in [0.717, 1.165) is 11.1 Å². The Bertz CT molecular complexity index is 774. The molecule has 132 valence electrons. The van der Waals surface area contributed by atoms with Crippen LogP contribution in [-0.4, -0.2) is 39.1 Å². The molecular formula is C18H21FN4O2. The Morgan fingerprint density at radius 2 is 2.24 bits per heavy atom. The number of benzene rings is 1. The third-order valence-electron chi connectivity index (χ3n) is 4.24. The molecule has 6 nitrogen and oxygen atoms in total. The second kappa shape index (κ2) is 7.46. The molecule has 0 radical (unpaired) electrons. The van der Waals surface area contributed by atoms with Crippen molar-refractivity contribution in [3.63, 3.8) is 0 Å². The zero-order valence-corrected chi connectivity index (χ0v) is 14.1. The zero-order chi connectivity index (χ0) is 17.8. The Morgan fingerprint density at radius 1 is 1.40 bits per heavy atom. The number of likely N-dealkylation sites (tertiary alicyclic amines) is 1. The highest BCUT2D eigenvalue weighted by molar-refractivity contribution is 5.82. The number of hydrogen-bond acceptors (Lipinski definition) is 3. The summed E-state index contributed by atoms with van der Waals surface area (Å²) in [6.07, 6.45) is 4.89. The number of rotatable bonds is 6. The van der Waals surface area contributed by atoms with E-state index in [1.54, 1.807) is 27.9 Å². The van der Waals surface area contributed by atoms with Gasteiger partial charge in [0.05, 0.1) is 12.2 Å². The molecule has 2 heterocycles. The van der Waals surface area contributed by atoms with Gasteiger partial charge >= 0.3 is 0 Å². The monoisotopic (exact) mass is 344 g/mol. The smallest absolute Gasteiger partial charge is 0.225 e. The SMILES string of the molecule is Cn1cc(CCC(=O)N[C@H]2CC(=O)N(Cc3cccc(F)c3)C2)cn1. The molecule has 7 heteroatoms. The largest absolute Gasteiger partial charge is 0.351 e. The van der Waals surface area contributed by atoms with Crippen LogP contribution in [0.3, 0.4) is 0 Å². The molecule has 1 N–H and O–H groups in total. The van der Waals surface area contributed by atoms with Gasteiger partial charge in [-0.15, -0.1) is 0 Å². The summed E-state index contributed by atoms with van der Waals surface area (Å²) in [5.41, 5.74) is 1.75. The molecule has 1 aliphatic heterocycles. The minimum Gasteiger partial charge on any atom is -0.351 e. The number of nitrogens with zero attached hydrogens (tertiary/aromatic N) is 3. The quantitative estimate of drug-likeness (QED) is 0.862. The maximum atomic E-state index is 13.2. The van der Waals surface area contributed by atoms with Gasteiger partial charge in [-0.2, -0.15) is 5.10 Å². The maximum Gasteiger partial charge on any atom is 0.225 e. The fourth-order valence-electron chi connectivity index (χ4n) is 3.04. The lowest BCUT2D eigenvalue weighted by Crippen LogP contribution is -2.37. The van der Waals surface area contributed by atoms with Gasteiger partial charge in [-0.05, 0) is 29.7 Å². The third-order valence-corrected chi connectivity index (χ3v) is 4.24. The topological polar surface area (TPSA) is 67.2 Å². The van der Waals surface area contributed by atoms with Crippen LogP contribution in [0.25, 0.3) is 0 Å². The molecule has 3 rings (SSSR count). The molecular weight excluding hydrogens is 323 g/mol. The summed E-state index contributed by atoms with van der Waals surface area (Å²) in [5, 5.41) is 6.98. The molecule has 1 aromatic heterocycles. The van der Waals surface area contributed by atoms with E-state index >= 15 is 0 Å². The molecule has 1 saturated heterocycles. The lowest BCUT2D eigenvalue weighted by molar-refractivity contribution is -0.128. The second-order valence-electron chi connectivity index (χ2n) is 6.39. The standard InChI is InChI=1S/C18H21FN4O2/c1-22-10-14(9-20-22)5-6-17(24)21-16-8-18(25)23(12-16)11-13-3-2-4-15(19)7-13/h2-4,7,9-10,16H,5-6,8,11-12H2,1H3,(H,21,24)/t16-/m0/s1. The molecule has 2 aromatic rings. The van der Waals surface area contributed by atoms with Crippen molar-refractivity contribution >= 4 is 11.8 Å². The van der Waals surface area contributed by atoms with Crippen molar-refractivity contribution in [2.75, 3.05) is 6.54 Å². The van der Waals surface area contributed by atoms with Gasteiger partial charge < -0.3 is 10.2 Å². The molecule has 0 aliphatic carbocycles. The Morgan fingerprint density at radius 3 is 2.96 bits per heavy atom. The van der Waals surface area contributed by atoms with Gasteiger partial charge in [-0.3, -0.25) is 14.3 Å². The Balaban J connectivity index is 1.47. The van der Waals surface area contributed by atoms with E-state index in [2.05, 4.69) is 10.4 Å². The lowest BCUT2D eigenvalue weighted by Gasteiger charge is -2.17. The highest BCUT2D eigenvalue weighted by Gasteiger charge is 2.30. The van der Waals surface area contributed by atoms with Crippen LogP contribution < -0.4 is 5.32 Å². The normalized spacial score (nSPS) is 17.1. The number of amides is 2. The molecule has 0 unspecified atom stereocenters. The highest BCUT2D eigenvalue weighted by atomic mass is 19.1. The predicted molar refractivity (Wildman–Crippen MR) is 89.9 cm³/mol. The van der Waals surface area contributed by atoms with E-state index in [1.807, 2.05) is 13.2 Å². The number of aromatic nitrogens is 2. The molecule has 0 spiro atoms. The van der Waals surface area contributed by atoms with Gasteiger partial charge in [-0.1, -0.05) is 12.1 Å². The summed E-state index contributed by atoms with van der Waals surface area (Å²) in [5.74, 6) is -0.416. The number of carbonyl (C=O) groups is 2. The van der Waals surface area contributed by atoms with Crippen LogP contribution in [0, 0.1) is 5.82 Å². The van der Waals surface area contributed by atoms with E-state index in [4.69, 9.17) is 0 Å². The third kappa shape index (κ3) is 4.65. The summed E-state index contributed by atoms with van der Waals surface area (Å²) in [6.45, 7) is 0.812. The fourth-order valence-corrected chi connectivity index (χ4v) is 3.04. The second-order valence-corrected chi connectivity index (χ2v) is 6.39. The first-order valence-corrected chi connectivity index (χ1v) is 8.29. The van der Waals surface area contributed by atoms with Crippen LogP contribution in [0.4, 0.5) is 4.39 Å². The number of carbonyl (C=O) groups excluding carboxylic acids is 2. The van der Waals surface area contributed by atoms with E-state index in [1.165, 1.54) is 12.1 Å². The maximum absolute atomic E-state index is 13.2. The molecule has 1 atom stereocenters. The van der Waals surface area contributed by atoms with Gasteiger partial charge in [0.25, 0.3) is 0 Å². The van der Waals surface area contributed by atoms with Gasteiger partial charge in [0, 0.05) is 39.2 Å². The molecule has 1 aromatic carbocycles. The van der Waals surface area contributed by atoms with E-state index < -0.39 is 0 Å². The molecule has 25 heavy (non-hydrogen) atoms.